The number of benzene rings is 1. The second kappa shape index (κ2) is 5.38. The van der Waals surface area contributed by atoms with E-state index < -0.39 is 0 Å². The Morgan fingerprint density at radius 3 is 2.59 bits per heavy atom. The van der Waals surface area contributed by atoms with E-state index in [2.05, 4.69) is 4.98 Å². The van der Waals surface area contributed by atoms with Crippen LogP contribution in [0.1, 0.15) is 21.4 Å². The molecule has 0 saturated heterocycles. The Hall–Kier alpha value is -1.26. The summed E-state index contributed by atoms with van der Waals surface area (Å²) in [7, 11) is 0. The molecule has 1 aromatic carbocycles. The maximum atomic E-state index is 12.8. The number of hydrogen-bond donors (Lipinski definition) is 1. The molecule has 0 aliphatic heterocycles. The molecule has 0 bridgehead atoms. The summed E-state index contributed by atoms with van der Waals surface area (Å²) in [6.07, 6.45) is 2.76. The average molecular weight is 250 g/mol. The van der Waals surface area contributed by atoms with Gasteiger partial charge in [0.25, 0.3) is 0 Å². The van der Waals surface area contributed by atoms with Crippen molar-refractivity contribution in [2.45, 2.75) is 19.3 Å². The topological polar surface area (TPSA) is 38.9 Å². The zero-order valence-corrected chi connectivity index (χ0v) is 10.5. The molecule has 0 aliphatic carbocycles. The molecule has 1 aromatic heterocycles. The number of nitrogens with zero attached hydrogens (tertiary/aromatic N) is 1. The average Bonchev–Trinajstić information content (AvgIpc) is 2.73. The number of aromatic nitrogens is 1. The monoisotopic (exact) mass is 250 g/mol. The minimum atomic E-state index is -0.210. The minimum absolute atomic E-state index is 0.210. The number of hydrogen-bond acceptors (Lipinski definition) is 3. The number of rotatable bonds is 4. The first kappa shape index (κ1) is 12.2. The first-order chi connectivity index (χ1) is 8.19. The van der Waals surface area contributed by atoms with Gasteiger partial charge < -0.3 is 5.73 Å². The standard InChI is InChI=1S/C13H15FN2S/c1-9-16-8-13(17-9)6-11(7-15)10-2-4-12(14)5-3-10/h2-5,8,11H,6-7,15H2,1H3. The fraction of sp³-hybridized carbons (Fsp3) is 0.308. The summed E-state index contributed by atoms with van der Waals surface area (Å²) in [6, 6.07) is 6.58. The molecule has 2 N–H and O–H groups in total. The zero-order chi connectivity index (χ0) is 12.3. The maximum Gasteiger partial charge on any atom is 0.123 e. The molecule has 0 radical (unpaired) electrons. The SMILES string of the molecule is Cc1ncc(CC(CN)c2ccc(F)cc2)s1. The Bertz CT molecular complexity index is 478. The highest BCUT2D eigenvalue weighted by atomic mass is 32.1. The van der Waals surface area contributed by atoms with E-state index in [1.165, 1.54) is 17.0 Å². The molecule has 2 aromatic rings. The summed E-state index contributed by atoms with van der Waals surface area (Å²) in [5, 5.41) is 1.06. The number of aryl methyl sites for hydroxylation is 1. The molecular weight excluding hydrogens is 235 g/mol. The molecule has 4 heteroatoms. The van der Waals surface area contributed by atoms with Gasteiger partial charge in [-0.3, -0.25) is 0 Å². The van der Waals surface area contributed by atoms with Gasteiger partial charge in [0.05, 0.1) is 5.01 Å². The van der Waals surface area contributed by atoms with E-state index in [9.17, 15) is 4.39 Å². The third kappa shape index (κ3) is 3.11. The van der Waals surface area contributed by atoms with Gasteiger partial charge in [0.15, 0.2) is 0 Å². The van der Waals surface area contributed by atoms with Gasteiger partial charge in [0.2, 0.25) is 0 Å². The van der Waals surface area contributed by atoms with Crippen molar-refractivity contribution < 1.29 is 4.39 Å². The van der Waals surface area contributed by atoms with Gasteiger partial charge in [-0.1, -0.05) is 12.1 Å². The fourth-order valence-corrected chi connectivity index (χ4v) is 2.69. The van der Waals surface area contributed by atoms with E-state index >= 15 is 0 Å². The van der Waals surface area contributed by atoms with Crippen LogP contribution in [0.4, 0.5) is 4.39 Å². The summed E-state index contributed by atoms with van der Waals surface area (Å²) >= 11 is 1.69. The van der Waals surface area contributed by atoms with Gasteiger partial charge in [-0.05, 0) is 37.6 Å². The molecule has 0 aliphatic rings. The molecule has 0 spiro atoms. The van der Waals surface area contributed by atoms with Crippen LogP contribution in [-0.2, 0) is 6.42 Å². The van der Waals surface area contributed by atoms with Crippen LogP contribution in [-0.4, -0.2) is 11.5 Å². The predicted octanol–water partition coefficient (Wildman–Crippen LogP) is 2.88. The van der Waals surface area contributed by atoms with Crippen LogP contribution in [0.25, 0.3) is 0 Å². The van der Waals surface area contributed by atoms with Crippen LogP contribution in [0.3, 0.4) is 0 Å². The first-order valence-electron chi connectivity index (χ1n) is 5.56. The Balaban J connectivity index is 2.13. The zero-order valence-electron chi connectivity index (χ0n) is 9.69. The summed E-state index contributed by atoms with van der Waals surface area (Å²) in [6.45, 7) is 2.55. The molecular formula is C13H15FN2S. The van der Waals surface area contributed by atoms with E-state index in [0.29, 0.717) is 6.54 Å². The quantitative estimate of drug-likeness (QED) is 0.906. The van der Waals surface area contributed by atoms with E-state index in [1.54, 1.807) is 23.5 Å². The van der Waals surface area contributed by atoms with Crippen molar-refractivity contribution in [1.82, 2.24) is 4.98 Å². The molecule has 0 amide bonds. The van der Waals surface area contributed by atoms with Gasteiger partial charge in [-0.25, -0.2) is 9.37 Å². The Kier molecular flexibility index (Phi) is 3.86. The largest absolute Gasteiger partial charge is 0.330 e. The van der Waals surface area contributed by atoms with Gasteiger partial charge in [-0.2, -0.15) is 0 Å². The summed E-state index contributed by atoms with van der Waals surface area (Å²) in [4.78, 5) is 5.45. The van der Waals surface area contributed by atoms with Crippen molar-refractivity contribution in [1.29, 1.82) is 0 Å². The van der Waals surface area contributed by atoms with E-state index in [-0.39, 0.29) is 11.7 Å². The Labute approximate surface area is 104 Å². The number of nitrogens with two attached hydrogens (primary N) is 1. The first-order valence-corrected chi connectivity index (χ1v) is 6.37. The maximum absolute atomic E-state index is 12.8. The summed E-state index contributed by atoms with van der Waals surface area (Å²) in [5.74, 6) is 0.0219. The highest BCUT2D eigenvalue weighted by Crippen LogP contribution is 2.23. The van der Waals surface area contributed by atoms with Crippen molar-refractivity contribution in [3.63, 3.8) is 0 Å². The van der Waals surface area contributed by atoms with Crippen LogP contribution >= 0.6 is 11.3 Å². The second-order valence-corrected chi connectivity index (χ2v) is 5.35. The third-order valence-corrected chi connectivity index (χ3v) is 3.68. The fourth-order valence-electron chi connectivity index (χ4n) is 1.81. The minimum Gasteiger partial charge on any atom is -0.330 e. The Morgan fingerprint density at radius 2 is 2.06 bits per heavy atom. The van der Waals surface area contributed by atoms with Crippen LogP contribution in [0.2, 0.25) is 0 Å². The summed E-state index contributed by atoms with van der Waals surface area (Å²) < 4.78 is 12.8. The molecule has 17 heavy (non-hydrogen) atoms. The molecule has 1 heterocycles. The van der Waals surface area contributed by atoms with Crippen LogP contribution in [0.5, 0.6) is 0 Å². The lowest BCUT2D eigenvalue weighted by Crippen LogP contribution is -2.14. The van der Waals surface area contributed by atoms with Gasteiger partial charge in [0, 0.05) is 17.0 Å². The van der Waals surface area contributed by atoms with Crippen LogP contribution < -0.4 is 5.73 Å². The molecule has 0 saturated carbocycles. The molecule has 1 atom stereocenters. The molecule has 90 valence electrons. The Morgan fingerprint density at radius 1 is 1.35 bits per heavy atom. The van der Waals surface area contributed by atoms with Crippen molar-refractivity contribution >= 4 is 11.3 Å². The van der Waals surface area contributed by atoms with Crippen molar-refractivity contribution in [2.75, 3.05) is 6.54 Å². The molecule has 0 fully saturated rings. The number of halogens is 1. The normalized spacial score (nSPS) is 12.6. The van der Waals surface area contributed by atoms with E-state index in [0.717, 1.165) is 17.0 Å². The highest BCUT2D eigenvalue weighted by molar-refractivity contribution is 7.11. The van der Waals surface area contributed by atoms with Crippen molar-refractivity contribution in [3.05, 3.63) is 51.7 Å². The second-order valence-electron chi connectivity index (χ2n) is 4.03. The van der Waals surface area contributed by atoms with Gasteiger partial charge >= 0.3 is 0 Å². The molecule has 1 unspecified atom stereocenters. The van der Waals surface area contributed by atoms with E-state index in [4.69, 9.17) is 5.73 Å². The van der Waals surface area contributed by atoms with Crippen molar-refractivity contribution in [2.24, 2.45) is 5.73 Å². The van der Waals surface area contributed by atoms with Crippen LogP contribution in [0, 0.1) is 12.7 Å². The van der Waals surface area contributed by atoms with Crippen LogP contribution in [0.15, 0.2) is 30.5 Å². The lowest BCUT2D eigenvalue weighted by atomic mass is 9.95. The van der Waals surface area contributed by atoms with Crippen molar-refractivity contribution in [3.8, 4) is 0 Å². The van der Waals surface area contributed by atoms with Gasteiger partial charge in [-0.15, -0.1) is 11.3 Å². The molecule has 2 nitrogen and oxygen atoms in total. The predicted molar refractivity (Wildman–Crippen MR) is 68.8 cm³/mol. The lowest BCUT2D eigenvalue weighted by molar-refractivity contribution is 0.623. The number of thiazole rings is 1. The highest BCUT2D eigenvalue weighted by Gasteiger charge is 2.12. The lowest BCUT2D eigenvalue weighted by Gasteiger charge is -2.13. The smallest absolute Gasteiger partial charge is 0.123 e. The third-order valence-electron chi connectivity index (χ3n) is 2.74. The summed E-state index contributed by atoms with van der Waals surface area (Å²) in [5.41, 5.74) is 6.87. The van der Waals surface area contributed by atoms with E-state index in [1.807, 2.05) is 13.1 Å². The molecule has 2 rings (SSSR count). The van der Waals surface area contributed by atoms with Gasteiger partial charge in [0.1, 0.15) is 5.82 Å².